The molecule has 0 aliphatic carbocycles. The van der Waals surface area contributed by atoms with Crippen molar-refractivity contribution in [2.24, 2.45) is 0 Å². The molecule has 0 amide bonds. The fourth-order valence-electron chi connectivity index (χ4n) is 1.85. The Hall–Kier alpha value is -0.940. The van der Waals surface area contributed by atoms with Gasteiger partial charge in [-0.25, -0.2) is 0 Å². The number of rotatable bonds is 5. The van der Waals surface area contributed by atoms with Gasteiger partial charge in [0, 0.05) is 22.9 Å². The second-order valence-corrected chi connectivity index (χ2v) is 5.50. The summed E-state index contributed by atoms with van der Waals surface area (Å²) in [4.78, 5) is 6.77. The predicted molar refractivity (Wildman–Crippen MR) is 83.2 cm³/mol. The maximum atomic E-state index is 4.38. The van der Waals surface area contributed by atoms with E-state index in [0.29, 0.717) is 0 Å². The molecule has 0 fully saturated rings. The van der Waals surface area contributed by atoms with Gasteiger partial charge in [0.05, 0.1) is 5.69 Å². The molecule has 0 unspecified atom stereocenters. The molecule has 0 saturated heterocycles. The Morgan fingerprint density at radius 3 is 2.44 bits per heavy atom. The van der Waals surface area contributed by atoms with E-state index in [4.69, 9.17) is 0 Å². The minimum Gasteiger partial charge on any atom is -0.294 e. The Balaban J connectivity index is 1.99. The van der Waals surface area contributed by atoms with Gasteiger partial charge >= 0.3 is 0 Å². The van der Waals surface area contributed by atoms with Crippen LogP contribution in [0.3, 0.4) is 0 Å². The van der Waals surface area contributed by atoms with Gasteiger partial charge in [0.25, 0.3) is 0 Å². The zero-order chi connectivity index (χ0) is 12.8. The van der Waals surface area contributed by atoms with Gasteiger partial charge in [-0.3, -0.25) is 9.88 Å². The Morgan fingerprint density at radius 2 is 1.83 bits per heavy atom. The molecule has 1 aromatic carbocycles. The topological polar surface area (TPSA) is 16.1 Å². The molecule has 0 bridgehead atoms. The molecule has 0 aliphatic rings. The van der Waals surface area contributed by atoms with E-state index in [1.165, 1.54) is 9.13 Å². The van der Waals surface area contributed by atoms with Gasteiger partial charge in [-0.2, -0.15) is 0 Å². The minimum absolute atomic E-state index is 0.906. The first-order valence-electron chi connectivity index (χ1n) is 6.14. The summed E-state index contributed by atoms with van der Waals surface area (Å²) in [7, 11) is 0. The average molecular weight is 352 g/mol. The van der Waals surface area contributed by atoms with Crippen LogP contribution in [0.1, 0.15) is 18.2 Å². The lowest BCUT2D eigenvalue weighted by molar-refractivity contribution is 0.268. The van der Waals surface area contributed by atoms with E-state index >= 15 is 0 Å². The second kappa shape index (κ2) is 6.85. The first-order valence-corrected chi connectivity index (χ1v) is 7.22. The maximum Gasteiger partial charge on any atom is 0.0544 e. The summed E-state index contributed by atoms with van der Waals surface area (Å²) in [6.07, 6.45) is 1.86. The number of benzene rings is 1. The van der Waals surface area contributed by atoms with Crippen LogP contribution in [0, 0.1) is 3.57 Å². The molecule has 0 atom stereocenters. The van der Waals surface area contributed by atoms with Crippen LogP contribution in [0.2, 0.25) is 0 Å². The van der Waals surface area contributed by atoms with Gasteiger partial charge in [0.1, 0.15) is 0 Å². The van der Waals surface area contributed by atoms with Crippen molar-refractivity contribution >= 4 is 22.6 Å². The molecule has 2 rings (SSSR count). The molecule has 0 N–H and O–H groups in total. The summed E-state index contributed by atoms with van der Waals surface area (Å²) in [6.45, 7) is 5.10. The van der Waals surface area contributed by atoms with Crippen LogP contribution >= 0.6 is 22.6 Å². The summed E-state index contributed by atoms with van der Waals surface area (Å²) in [5.41, 5.74) is 2.48. The standard InChI is InChI=1S/C15H17IN2/c1-2-18(12-15-5-3-4-10-17-15)11-13-6-8-14(16)9-7-13/h3-10H,2,11-12H2,1H3. The van der Waals surface area contributed by atoms with Crippen molar-refractivity contribution in [3.8, 4) is 0 Å². The molecule has 2 aromatic rings. The largest absolute Gasteiger partial charge is 0.294 e. The SMILES string of the molecule is CCN(Cc1ccc(I)cc1)Cc1ccccn1. The van der Waals surface area contributed by atoms with E-state index in [2.05, 4.69) is 69.7 Å². The lowest BCUT2D eigenvalue weighted by Gasteiger charge is -2.20. The van der Waals surface area contributed by atoms with E-state index in [-0.39, 0.29) is 0 Å². The smallest absolute Gasteiger partial charge is 0.0544 e. The van der Waals surface area contributed by atoms with Crippen molar-refractivity contribution in [3.05, 3.63) is 63.5 Å². The minimum atomic E-state index is 0.906. The van der Waals surface area contributed by atoms with E-state index < -0.39 is 0 Å². The number of hydrogen-bond donors (Lipinski definition) is 0. The number of halogens is 1. The number of hydrogen-bond acceptors (Lipinski definition) is 2. The summed E-state index contributed by atoms with van der Waals surface area (Å²) >= 11 is 2.33. The van der Waals surface area contributed by atoms with Crippen LogP contribution in [0.4, 0.5) is 0 Å². The van der Waals surface area contributed by atoms with Gasteiger partial charge in [-0.05, 0) is 59.0 Å². The highest BCUT2D eigenvalue weighted by molar-refractivity contribution is 14.1. The van der Waals surface area contributed by atoms with Gasteiger partial charge in [0.2, 0.25) is 0 Å². The molecule has 1 heterocycles. The van der Waals surface area contributed by atoms with E-state index in [9.17, 15) is 0 Å². The third kappa shape index (κ3) is 4.07. The third-order valence-electron chi connectivity index (χ3n) is 2.88. The van der Waals surface area contributed by atoms with Gasteiger partial charge < -0.3 is 0 Å². The third-order valence-corrected chi connectivity index (χ3v) is 3.60. The van der Waals surface area contributed by atoms with Crippen LogP contribution < -0.4 is 0 Å². The number of aromatic nitrogens is 1. The van der Waals surface area contributed by atoms with Crippen LogP contribution in [0.25, 0.3) is 0 Å². The zero-order valence-electron chi connectivity index (χ0n) is 10.5. The summed E-state index contributed by atoms with van der Waals surface area (Å²) in [5, 5.41) is 0. The monoisotopic (exact) mass is 352 g/mol. The van der Waals surface area contributed by atoms with Crippen molar-refractivity contribution in [1.29, 1.82) is 0 Å². The summed E-state index contributed by atoms with van der Waals surface area (Å²) in [5.74, 6) is 0. The molecule has 3 heteroatoms. The van der Waals surface area contributed by atoms with Gasteiger partial charge in [0.15, 0.2) is 0 Å². The van der Waals surface area contributed by atoms with Crippen molar-refractivity contribution in [3.63, 3.8) is 0 Å². The Bertz CT molecular complexity index is 468. The highest BCUT2D eigenvalue weighted by Gasteiger charge is 2.05. The van der Waals surface area contributed by atoms with Crippen LogP contribution in [0.15, 0.2) is 48.7 Å². The summed E-state index contributed by atoms with van der Waals surface area (Å²) < 4.78 is 1.28. The molecule has 1 aromatic heterocycles. The molecule has 18 heavy (non-hydrogen) atoms. The number of pyridine rings is 1. The fourth-order valence-corrected chi connectivity index (χ4v) is 2.21. The molecule has 94 valence electrons. The van der Waals surface area contributed by atoms with Crippen LogP contribution in [0.5, 0.6) is 0 Å². The molecular weight excluding hydrogens is 335 g/mol. The second-order valence-electron chi connectivity index (χ2n) is 4.25. The maximum absolute atomic E-state index is 4.38. The van der Waals surface area contributed by atoms with Crippen LogP contribution in [-0.4, -0.2) is 16.4 Å². The Labute approximate surface area is 122 Å². The van der Waals surface area contributed by atoms with Crippen molar-refractivity contribution < 1.29 is 0 Å². The quantitative estimate of drug-likeness (QED) is 0.763. The lowest BCUT2D eigenvalue weighted by Crippen LogP contribution is -2.22. The average Bonchev–Trinajstić information content (AvgIpc) is 2.41. The predicted octanol–water partition coefficient (Wildman–Crippen LogP) is 3.71. The Kier molecular flexibility index (Phi) is 5.13. The highest BCUT2D eigenvalue weighted by Crippen LogP contribution is 2.11. The first-order chi connectivity index (χ1) is 8.78. The number of nitrogens with zero attached hydrogens (tertiary/aromatic N) is 2. The fraction of sp³-hybridized carbons (Fsp3) is 0.267. The van der Waals surface area contributed by atoms with E-state index in [1.807, 2.05) is 18.3 Å². The van der Waals surface area contributed by atoms with Gasteiger partial charge in [-0.15, -0.1) is 0 Å². The van der Waals surface area contributed by atoms with Gasteiger partial charge in [-0.1, -0.05) is 25.1 Å². The molecule has 0 saturated carbocycles. The van der Waals surface area contributed by atoms with Crippen LogP contribution in [-0.2, 0) is 13.1 Å². The first kappa shape index (κ1) is 13.5. The molecule has 0 spiro atoms. The van der Waals surface area contributed by atoms with E-state index in [1.54, 1.807) is 0 Å². The molecule has 0 radical (unpaired) electrons. The molecule has 2 nitrogen and oxygen atoms in total. The highest BCUT2D eigenvalue weighted by atomic mass is 127. The molecule has 0 aliphatic heterocycles. The van der Waals surface area contributed by atoms with Crippen molar-refractivity contribution in [1.82, 2.24) is 9.88 Å². The zero-order valence-corrected chi connectivity index (χ0v) is 12.7. The normalized spacial score (nSPS) is 10.8. The summed E-state index contributed by atoms with van der Waals surface area (Å²) in [6, 6.07) is 14.8. The Morgan fingerprint density at radius 1 is 1.06 bits per heavy atom. The molecular formula is C15H17IN2. The van der Waals surface area contributed by atoms with E-state index in [0.717, 1.165) is 25.3 Å². The lowest BCUT2D eigenvalue weighted by atomic mass is 10.2. The van der Waals surface area contributed by atoms with Crippen molar-refractivity contribution in [2.45, 2.75) is 20.0 Å². The van der Waals surface area contributed by atoms with Crippen molar-refractivity contribution in [2.75, 3.05) is 6.54 Å².